The van der Waals surface area contributed by atoms with E-state index in [1.165, 1.54) is 6.07 Å². The third kappa shape index (κ3) is 3.93. The number of rotatable bonds is 5. The number of sulfonamides is 1. The first-order valence-electron chi connectivity index (χ1n) is 6.53. The number of halogens is 2. The molecular weight excluding hydrogens is 345 g/mol. The molecule has 0 spiro atoms. The summed E-state index contributed by atoms with van der Waals surface area (Å²) < 4.78 is 27.0. The van der Waals surface area contributed by atoms with Crippen molar-refractivity contribution in [3.8, 4) is 5.75 Å². The van der Waals surface area contributed by atoms with Crippen molar-refractivity contribution in [2.24, 2.45) is 0 Å². The van der Waals surface area contributed by atoms with Crippen molar-refractivity contribution in [1.29, 1.82) is 0 Å². The molecule has 7 heteroatoms. The van der Waals surface area contributed by atoms with Gasteiger partial charge in [-0.25, -0.2) is 13.1 Å². The second kappa shape index (κ2) is 6.87. The molecule has 0 atom stereocenters. The number of nitrogens with one attached hydrogen (secondary N) is 1. The zero-order valence-corrected chi connectivity index (χ0v) is 14.1. The van der Waals surface area contributed by atoms with Crippen molar-refractivity contribution >= 4 is 33.2 Å². The van der Waals surface area contributed by atoms with Crippen LogP contribution in [0, 0.1) is 6.92 Å². The summed E-state index contributed by atoms with van der Waals surface area (Å²) in [6.07, 6.45) is 0.540. The summed E-state index contributed by atoms with van der Waals surface area (Å²) in [4.78, 5) is -0.358. The molecule has 0 saturated carbocycles. The highest BCUT2D eigenvalue weighted by atomic mass is 35.5. The summed E-state index contributed by atoms with van der Waals surface area (Å²) in [6, 6.07) is 10.2. The van der Waals surface area contributed by atoms with Gasteiger partial charge < -0.3 is 5.11 Å². The van der Waals surface area contributed by atoms with Crippen molar-refractivity contribution in [1.82, 2.24) is 4.72 Å². The van der Waals surface area contributed by atoms with Crippen molar-refractivity contribution < 1.29 is 13.5 Å². The Balaban J connectivity index is 2.14. The fourth-order valence-corrected chi connectivity index (χ4v) is 4.05. The molecule has 0 aliphatic rings. The molecule has 0 fully saturated rings. The summed E-state index contributed by atoms with van der Waals surface area (Å²) in [5, 5.41) is 9.83. The first kappa shape index (κ1) is 17.1. The number of aryl methyl sites for hydroxylation is 1. The van der Waals surface area contributed by atoms with E-state index >= 15 is 0 Å². The van der Waals surface area contributed by atoms with Gasteiger partial charge in [-0.05, 0) is 30.5 Å². The predicted molar refractivity (Wildman–Crippen MR) is 88.2 cm³/mol. The number of phenols is 1. The minimum absolute atomic E-state index is 0.117. The summed E-state index contributed by atoms with van der Waals surface area (Å²) in [5.41, 5.74) is 2.14. The maximum Gasteiger partial charge on any atom is 0.245 e. The first-order valence-corrected chi connectivity index (χ1v) is 8.77. The Morgan fingerprint density at radius 3 is 2.50 bits per heavy atom. The highest BCUT2D eigenvalue weighted by Gasteiger charge is 2.22. The van der Waals surface area contributed by atoms with Gasteiger partial charge in [-0.2, -0.15) is 0 Å². The lowest BCUT2D eigenvalue weighted by molar-refractivity contribution is 0.458. The van der Waals surface area contributed by atoms with Gasteiger partial charge in [-0.3, -0.25) is 0 Å². The smallest absolute Gasteiger partial charge is 0.245 e. The quantitative estimate of drug-likeness (QED) is 0.857. The van der Waals surface area contributed by atoms with E-state index in [9.17, 15) is 13.5 Å². The van der Waals surface area contributed by atoms with Crippen LogP contribution in [-0.2, 0) is 16.4 Å². The van der Waals surface area contributed by atoms with Crippen LogP contribution in [0.1, 0.15) is 11.1 Å². The van der Waals surface area contributed by atoms with Crippen LogP contribution in [-0.4, -0.2) is 20.1 Å². The summed E-state index contributed by atoms with van der Waals surface area (Å²) >= 11 is 11.6. The highest BCUT2D eigenvalue weighted by Crippen LogP contribution is 2.33. The third-order valence-corrected chi connectivity index (χ3v) is 5.38. The molecule has 0 aromatic heterocycles. The minimum Gasteiger partial charge on any atom is -0.506 e. The molecule has 0 amide bonds. The second-order valence-corrected chi connectivity index (χ2v) is 7.36. The molecule has 2 aromatic rings. The molecule has 0 unspecified atom stereocenters. The molecule has 0 aliphatic heterocycles. The molecule has 2 aromatic carbocycles. The van der Waals surface area contributed by atoms with Gasteiger partial charge in [-0.15, -0.1) is 0 Å². The Labute approximate surface area is 139 Å². The molecule has 2 rings (SSSR count). The fraction of sp³-hybridized carbons (Fsp3) is 0.200. The van der Waals surface area contributed by atoms with Crippen molar-refractivity contribution in [3.05, 3.63) is 57.6 Å². The van der Waals surface area contributed by atoms with Crippen LogP contribution >= 0.6 is 23.2 Å². The van der Waals surface area contributed by atoms with E-state index in [0.717, 1.165) is 17.2 Å². The van der Waals surface area contributed by atoms with E-state index in [0.29, 0.717) is 6.42 Å². The van der Waals surface area contributed by atoms with Gasteiger partial charge in [0, 0.05) is 17.6 Å². The standard InChI is InChI=1S/C15H15Cl2NO3S/c1-10-4-2-3-5-11(10)6-7-18-22(20,21)15-13(17)8-12(16)9-14(15)19/h2-5,8-9,18-19H,6-7H2,1H3. The van der Waals surface area contributed by atoms with Gasteiger partial charge in [-0.1, -0.05) is 47.5 Å². The van der Waals surface area contributed by atoms with Gasteiger partial charge >= 0.3 is 0 Å². The van der Waals surface area contributed by atoms with Gasteiger partial charge in [0.15, 0.2) is 0 Å². The maximum atomic E-state index is 12.3. The van der Waals surface area contributed by atoms with Crippen LogP contribution in [0.5, 0.6) is 5.75 Å². The lowest BCUT2D eigenvalue weighted by atomic mass is 10.1. The van der Waals surface area contributed by atoms with Gasteiger partial charge in [0.2, 0.25) is 10.0 Å². The number of hydrogen-bond donors (Lipinski definition) is 2. The maximum absolute atomic E-state index is 12.3. The number of aromatic hydroxyl groups is 1. The normalized spacial score (nSPS) is 11.6. The second-order valence-electron chi connectivity index (χ2n) is 4.81. The van der Waals surface area contributed by atoms with E-state index in [1.54, 1.807) is 0 Å². The molecule has 0 bridgehead atoms. The molecular formula is C15H15Cl2NO3S. The largest absolute Gasteiger partial charge is 0.506 e. The third-order valence-electron chi connectivity index (χ3n) is 3.21. The summed E-state index contributed by atoms with van der Waals surface area (Å²) in [5.74, 6) is -0.471. The zero-order valence-electron chi connectivity index (χ0n) is 11.8. The average Bonchev–Trinajstić information content (AvgIpc) is 2.39. The molecule has 0 radical (unpaired) electrons. The fourth-order valence-electron chi connectivity index (χ4n) is 2.10. The van der Waals surface area contributed by atoms with E-state index in [2.05, 4.69) is 4.72 Å². The van der Waals surface area contributed by atoms with Crippen LogP contribution < -0.4 is 4.72 Å². The molecule has 4 nitrogen and oxygen atoms in total. The molecule has 0 heterocycles. The van der Waals surface area contributed by atoms with Crippen LogP contribution in [0.25, 0.3) is 0 Å². The number of hydrogen-bond acceptors (Lipinski definition) is 3. The Morgan fingerprint density at radius 1 is 1.18 bits per heavy atom. The predicted octanol–water partition coefficient (Wildman–Crippen LogP) is 3.53. The SMILES string of the molecule is Cc1ccccc1CCNS(=O)(=O)c1c(O)cc(Cl)cc1Cl. The van der Waals surface area contributed by atoms with E-state index < -0.39 is 15.8 Å². The molecule has 0 aliphatic carbocycles. The van der Waals surface area contributed by atoms with Gasteiger partial charge in [0.1, 0.15) is 10.6 Å². The lowest BCUT2D eigenvalue weighted by Gasteiger charge is -2.11. The Morgan fingerprint density at radius 2 is 1.86 bits per heavy atom. The lowest BCUT2D eigenvalue weighted by Crippen LogP contribution is -2.26. The van der Waals surface area contributed by atoms with E-state index in [4.69, 9.17) is 23.2 Å². The monoisotopic (exact) mass is 359 g/mol. The first-order chi connectivity index (χ1) is 10.3. The van der Waals surface area contributed by atoms with Crippen molar-refractivity contribution in [2.45, 2.75) is 18.2 Å². The zero-order chi connectivity index (χ0) is 16.3. The topological polar surface area (TPSA) is 66.4 Å². The molecule has 22 heavy (non-hydrogen) atoms. The van der Waals surface area contributed by atoms with Crippen LogP contribution in [0.4, 0.5) is 0 Å². The van der Waals surface area contributed by atoms with Gasteiger partial charge in [0.25, 0.3) is 0 Å². The average molecular weight is 360 g/mol. The Bertz CT molecular complexity index is 768. The van der Waals surface area contributed by atoms with Crippen LogP contribution in [0.15, 0.2) is 41.3 Å². The van der Waals surface area contributed by atoms with Crippen LogP contribution in [0.2, 0.25) is 10.0 Å². The Hall–Kier alpha value is -1.27. The highest BCUT2D eigenvalue weighted by molar-refractivity contribution is 7.89. The molecule has 118 valence electrons. The summed E-state index contributed by atoms with van der Waals surface area (Å²) in [7, 11) is -3.91. The van der Waals surface area contributed by atoms with E-state index in [-0.39, 0.29) is 21.5 Å². The number of benzene rings is 2. The Kier molecular flexibility index (Phi) is 5.34. The van der Waals surface area contributed by atoms with E-state index in [1.807, 2.05) is 31.2 Å². The van der Waals surface area contributed by atoms with Crippen molar-refractivity contribution in [2.75, 3.05) is 6.54 Å². The molecule has 2 N–H and O–H groups in total. The minimum atomic E-state index is -3.91. The summed E-state index contributed by atoms with van der Waals surface area (Å²) in [6.45, 7) is 2.16. The van der Waals surface area contributed by atoms with Crippen LogP contribution in [0.3, 0.4) is 0 Å². The molecule has 0 saturated heterocycles. The van der Waals surface area contributed by atoms with Crippen molar-refractivity contribution in [3.63, 3.8) is 0 Å². The van der Waals surface area contributed by atoms with Gasteiger partial charge in [0.05, 0.1) is 5.02 Å². The number of phenolic OH excluding ortho intramolecular Hbond substituents is 1.